The van der Waals surface area contributed by atoms with Gasteiger partial charge in [-0.05, 0) is 167 Å². The molecule has 11 rings (SSSR count). The van der Waals surface area contributed by atoms with Gasteiger partial charge in [-0.1, -0.05) is 183 Å². The molecule has 4 heteroatoms. The molecular weight excluding hydrogens is 876 g/mol. The third kappa shape index (κ3) is 8.08. The highest BCUT2D eigenvalue weighted by atomic mass is 32.1. The number of anilines is 6. The highest BCUT2D eigenvalue weighted by Crippen LogP contribution is 2.51. The zero-order chi connectivity index (χ0) is 50.3. The van der Waals surface area contributed by atoms with Crippen LogP contribution in [0.3, 0.4) is 0 Å². The van der Waals surface area contributed by atoms with Gasteiger partial charge in [-0.3, -0.25) is 0 Å². The van der Waals surface area contributed by atoms with Crippen LogP contribution in [0.1, 0.15) is 149 Å². The highest BCUT2D eigenvalue weighted by Gasteiger charge is 2.46. The van der Waals surface area contributed by atoms with Crippen molar-refractivity contribution in [1.82, 2.24) is 0 Å². The lowest BCUT2D eigenvalue weighted by atomic mass is 9.36. The van der Waals surface area contributed by atoms with Gasteiger partial charge in [-0.2, -0.15) is 0 Å². The molecule has 0 N–H and O–H groups in total. The minimum absolute atomic E-state index is 0.00139. The van der Waals surface area contributed by atoms with E-state index < -0.39 is 0 Å². The molecule has 3 heterocycles. The van der Waals surface area contributed by atoms with Gasteiger partial charge in [-0.25, -0.2) is 0 Å². The predicted octanol–water partition coefficient (Wildman–Crippen LogP) is 17.3. The van der Waals surface area contributed by atoms with Crippen LogP contribution in [-0.2, 0) is 39.9 Å². The maximum absolute atomic E-state index is 2.66. The normalized spacial score (nSPS) is 14.7. The molecule has 3 aliphatic rings. The standard InChI is InChI=1S/C67H73BN2S/c1-63(2,3)44-26-30-49(31-27-44)69-57-23-18-24-58-60(57)68(62-61(69)53-40-46(65(7,8)9)29-34-59(53)71-62)54-37-42(43-35-47(66(10,11)12)38-48(36-43)67(13,14)15)25-32-56(54)70(58)55-33-28-45(64(4,5)6)39-52(55)51-22-17-20-41-19-16-21-50(41)51/h17-18,20,22-40H,16,19,21H2,1-15H3. The SMILES string of the molecule is CC(C)(C)c1ccc(N2c3cccc4c3B(c3cc(-c5cc(C(C)(C)C)cc(C(C)(C)C)c5)ccc3N4c3ccc(C(C)(C)C)cc3-c3cccc4c3CCC4)c3sc4ccc(C(C)(C)C)cc4c32)cc1. The number of hydrogen-bond donors (Lipinski definition) is 0. The summed E-state index contributed by atoms with van der Waals surface area (Å²) in [7, 11) is 0. The van der Waals surface area contributed by atoms with Crippen molar-refractivity contribution in [2.75, 3.05) is 9.80 Å². The van der Waals surface area contributed by atoms with Crippen molar-refractivity contribution < 1.29 is 0 Å². The molecule has 0 saturated carbocycles. The first-order valence-corrected chi connectivity index (χ1v) is 27.1. The van der Waals surface area contributed by atoms with E-state index >= 15 is 0 Å². The van der Waals surface area contributed by atoms with Crippen LogP contribution in [0.5, 0.6) is 0 Å². The zero-order valence-corrected chi connectivity index (χ0v) is 46.0. The molecule has 2 aliphatic heterocycles. The zero-order valence-electron chi connectivity index (χ0n) is 45.2. The number of fused-ring (bicyclic) bond motifs is 7. The van der Waals surface area contributed by atoms with E-state index in [2.05, 4.69) is 247 Å². The highest BCUT2D eigenvalue weighted by molar-refractivity contribution is 7.33. The van der Waals surface area contributed by atoms with E-state index in [9.17, 15) is 0 Å². The van der Waals surface area contributed by atoms with E-state index in [1.165, 1.54) is 128 Å². The maximum Gasteiger partial charge on any atom is 0.264 e. The fourth-order valence-corrected chi connectivity index (χ4v) is 13.0. The number of nitrogens with zero attached hydrogens (tertiary/aromatic N) is 2. The van der Waals surface area contributed by atoms with E-state index in [-0.39, 0.29) is 33.8 Å². The first-order valence-electron chi connectivity index (χ1n) is 26.3. The minimum atomic E-state index is -0.0160. The average Bonchev–Trinajstić information content (AvgIpc) is 3.95. The molecule has 0 atom stereocenters. The van der Waals surface area contributed by atoms with Crippen molar-refractivity contribution in [3.63, 3.8) is 0 Å². The second-order valence-corrected chi connectivity index (χ2v) is 27.3. The molecule has 71 heavy (non-hydrogen) atoms. The van der Waals surface area contributed by atoms with Gasteiger partial charge < -0.3 is 9.80 Å². The molecule has 0 amide bonds. The Labute approximate surface area is 430 Å². The molecule has 8 aromatic rings. The average molecular weight is 949 g/mol. The van der Waals surface area contributed by atoms with Gasteiger partial charge in [0.2, 0.25) is 0 Å². The van der Waals surface area contributed by atoms with Crippen LogP contribution in [0, 0.1) is 0 Å². The number of thiophene rings is 1. The Bertz CT molecular complexity index is 3390. The summed E-state index contributed by atoms with van der Waals surface area (Å²) < 4.78 is 2.74. The van der Waals surface area contributed by atoms with Gasteiger partial charge in [0, 0.05) is 43.2 Å². The topological polar surface area (TPSA) is 6.48 Å². The van der Waals surface area contributed by atoms with Gasteiger partial charge in [0.05, 0.1) is 11.4 Å². The van der Waals surface area contributed by atoms with Crippen molar-refractivity contribution in [2.45, 2.75) is 150 Å². The molecule has 360 valence electrons. The fraction of sp³-hybridized carbons (Fsp3) is 0.343. The molecule has 2 nitrogen and oxygen atoms in total. The Kier molecular flexibility index (Phi) is 10.9. The Balaban J connectivity index is 1.25. The fourth-order valence-electron chi connectivity index (χ4n) is 11.7. The summed E-state index contributed by atoms with van der Waals surface area (Å²) in [4.78, 5) is 5.29. The third-order valence-corrected chi connectivity index (χ3v) is 17.2. The summed E-state index contributed by atoms with van der Waals surface area (Å²) in [5, 5.41) is 1.33. The van der Waals surface area contributed by atoms with Crippen LogP contribution < -0.4 is 25.5 Å². The van der Waals surface area contributed by atoms with E-state index in [0.717, 1.165) is 12.8 Å². The summed E-state index contributed by atoms with van der Waals surface area (Å²) in [5.41, 5.74) is 25.3. The second-order valence-electron chi connectivity index (χ2n) is 26.2. The summed E-state index contributed by atoms with van der Waals surface area (Å²) in [6.07, 6.45) is 3.47. The Hall–Kier alpha value is -5.84. The van der Waals surface area contributed by atoms with E-state index in [1.54, 1.807) is 0 Å². The van der Waals surface area contributed by atoms with Crippen LogP contribution in [0.25, 0.3) is 32.3 Å². The molecule has 0 unspecified atom stereocenters. The summed E-state index contributed by atoms with van der Waals surface area (Å²) in [5.74, 6) is 0. The molecular formula is C67H73BN2S. The first kappa shape index (κ1) is 47.5. The molecule has 1 aromatic heterocycles. The van der Waals surface area contributed by atoms with E-state index in [1.807, 2.05) is 11.3 Å². The Morgan fingerprint density at radius 1 is 0.437 bits per heavy atom. The lowest BCUT2D eigenvalue weighted by Gasteiger charge is -2.44. The molecule has 0 radical (unpaired) electrons. The third-order valence-electron chi connectivity index (χ3n) is 16.0. The van der Waals surface area contributed by atoms with Gasteiger partial charge in [0.15, 0.2) is 0 Å². The van der Waals surface area contributed by atoms with E-state index in [4.69, 9.17) is 0 Å². The number of hydrogen-bond acceptors (Lipinski definition) is 3. The number of rotatable bonds is 4. The van der Waals surface area contributed by atoms with Gasteiger partial charge in [-0.15, -0.1) is 11.3 Å². The molecule has 0 bridgehead atoms. The maximum atomic E-state index is 2.66. The van der Waals surface area contributed by atoms with Crippen LogP contribution in [-0.4, -0.2) is 6.71 Å². The first-order chi connectivity index (χ1) is 33.4. The van der Waals surface area contributed by atoms with Gasteiger partial charge >= 0.3 is 0 Å². The summed E-state index contributed by atoms with van der Waals surface area (Å²) in [6.45, 7) is 35.2. The van der Waals surface area contributed by atoms with Crippen LogP contribution in [0.2, 0.25) is 0 Å². The molecule has 1 aliphatic carbocycles. The van der Waals surface area contributed by atoms with Crippen LogP contribution in [0.15, 0.2) is 133 Å². The van der Waals surface area contributed by atoms with Gasteiger partial charge in [0.25, 0.3) is 6.71 Å². The van der Waals surface area contributed by atoms with E-state index in [0.29, 0.717) is 0 Å². The Morgan fingerprint density at radius 2 is 1.01 bits per heavy atom. The van der Waals surface area contributed by atoms with Crippen molar-refractivity contribution >= 4 is 78.0 Å². The molecule has 0 spiro atoms. The summed E-state index contributed by atoms with van der Waals surface area (Å²) >= 11 is 2.00. The largest absolute Gasteiger partial charge is 0.311 e. The quantitative estimate of drug-likeness (QED) is 0.162. The molecule has 0 saturated heterocycles. The number of benzene rings is 7. The molecule has 0 fully saturated rings. The van der Waals surface area contributed by atoms with Crippen molar-refractivity contribution in [3.05, 3.63) is 172 Å². The van der Waals surface area contributed by atoms with Crippen molar-refractivity contribution in [1.29, 1.82) is 0 Å². The minimum Gasteiger partial charge on any atom is -0.311 e. The summed E-state index contributed by atoms with van der Waals surface area (Å²) in [6, 6.07) is 53.3. The van der Waals surface area contributed by atoms with Crippen molar-refractivity contribution in [3.8, 4) is 22.3 Å². The van der Waals surface area contributed by atoms with Gasteiger partial charge in [0.1, 0.15) is 0 Å². The smallest absolute Gasteiger partial charge is 0.264 e. The monoisotopic (exact) mass is 949 g/mol. The van der Waals surface area contributed by atoms with Crippen LogP contribution >= 0.6 is 11.3 Å². The number of aryl methyl sites for hydroxylation is 1. The second kappa shape index (κ2) is 16.3. The molecule has 7 aromatic carbocycles. The lowest BCUT2D eigenvalue weighted by molar-refractivity contribution is 0.569. The van der Waals surface area contributed by atoms with Crippen LogP contribution in [0.4, 0.5) is 34.1 Å². The van der Waals surface area contributed by atoms with Crippen molar-refractivity contribution in [2.24, 2.45) is 0 Å². The predicted molar refractivity (Wildman–Crippen MR) is 312 cm³/mol. The lowest BCUT2D eigenvalue weighted by Crippen LogP contribution is -2.60. The Morgan fingerprint density at radius 3 is 1.66 bits per heavy atom.